The number of benzene rings is 2. The van der Waals surface area contributed by atoms with E-state index in [1.54, 1.807) is 12.1 Å². The van der Waals surface area contributed by atoms with Gasteiger partial charge < -0.3 is 29.2 Å². The van der Waals surface area contributed by atoms with Crippen molar-refractivity contribution in [3.63, 3.8) is 0 Å². The lowest BCUT2D eigenvalue weighted by Gasteiger charge is -2.11. The molecule has 0 amide bonds. The van der Waals surface area contributed by atoms with Crippen molar-refractivity contribution in [3.05, 3.63) is 47.5 Å². The average Bonchev–Trinajstić information content (AvgIpc) is 3.29. The van der Waals surface area contributed by atoms with E-state index in [0.29, 0.717) is 29.0 Å². The van der Waals surface area contributed by atoms with E-state index in [1.807, 2.05) is 0 Å². The summed E-state index contributed by atoms with van der Waals surface area (Å²) in [4.78, 5) is 24.8. The summed E-state index contributed by atoms with van der Waals surface area (Å²) in [5.41, 5.74) is 0.913. The summed E-state index contributed by atoms with van der Waals surface area (Å²) in [6.07, 6.45) is 6.14. The molecule has 0 aliphatic carbocycles. The summed E-state index contributed by atoms with van der Waals surface area (Å²) in [6.45, 7) is -0.333. The van der Waals surface area contributed by atoms with E-state index in [4.69, 9.17) is 18.9 Å². The Morgan fingerprint density at radius 2 is 1.77 bits per heavy atom. The number of aromatic hydroxyl groups is 1. The highest BCUT2D eigenvalue weighted by molar-refractivity contribution is 7.81. The van der Waals surface area contributed by atoms with Gasteiger partial charge in [0.1, 0.15) is 5.75 Å². The van der Waals surface area contributed by atoms with Crippen LogP contribution in [0.3, 0.4) is 0 Å². The van der Waals surface area contributed by atoms with E-state index in [-0.39, 0.29) is 42.3 Å². The van der Waals surface area contributed by atoms with Crippen molar-refractivity contribution in [1.29, 1.82) is 0 Å². The number of esters is 2. The predicted molar refractivity (Wildman–Crippen MR) is 137 cm³/mol. The lowest BCUT2D eigenvalue weighted by atomic mass is 10.1. The van der Waals surface area contributed by atoms with Gasteiger partial charge in [-0.25, -0.2) is 4.79 Å². The molecule has 1 aliphatic heterocycles. The van der Waals surface area contributed by atoms with Crippen LogP contribution in [0.1, 0.15) is 43.2 Å². The fourth-order valence-electron chi connectivity index (χ4n) is 3.32. The smallest absolute Gasteiger partial charge is 0.336 e. The van der Waals surface area contributed by atoms with E-state index >= 15 is 0 Å². The predicted octanol–water partition coefficient (Wildman–Crippen LogP) is 4.32. The van der Waals surface area contributed by atoms with Crippen LogP contribution in [0.2, 0.25) is 0 Å². The highest BCUT2D eigenvalue weighted by Gasteiger charge is 2.22. The second-order valence-corrected chi connectivity index (χ2v) is 9.02. The summed E-state index contributed by atoms with van der Waals surface area (Å²) in [6, 6.07) is 7.44. The maximum absolute atomic E-state index is 12.4. The molecule has 0 aromatic heterocycles. The molecule has 35 heavy (non-hydrogen) atoms. The Kier molecular flexibility index (Phi) is 10.2. The van der Waals surface area contributed by atoms with Gasteiger partial charge in [0.25, 0.3) is 0 Å². The van der Waals surface area contributed by atoms with Crippen LogP contribution in [-0.2, 0) is 16.2 Å². The first-order chi connectivity index (χ1) is 16.9. The minimum atomic E-state index is -0.719. The van der Waals surface area contributed by atoms with Crippen LogP contribution in [0, 0.1) is 0 Å². The highest BCUT2D eigenvalue weighted by Crippen LogP contribution is 2.42. The Morgan fingerprint density at radius 1 is 1.06 bits per heavy atom. The first-order valence-electron chi connectivity index (χ1n) is 11.2. The van der Waals surface area contributed by atoms with E-state index in [0.717, 1.165) is 25.0 Å². The molecule has 0 bridgehead atoms. The van der Waals surface area contributed by atoms with E-state index in [2.05, 4.69) is 25.3 Å². The molecule has 0 radical (unpaired) electrons. The molecule has 1 atom stereocenters. The average molecular weight is 521 g/mol. The van der Waals surface area contributed by atoms with Gasteiger partial charge >= 0.3 is 11.9 Å². The molecule has 3 rings (SSSR count). The molecule has 0 saturated carbocycles. The zero-order valence-corrected chi connectivity index (χ0v) is 20.8. The van der Waals surface area contributed by atoms with Gasteiger partial charge in [0, 0.05) is 35.4 Å². The summed E-state index contributed by atoms with van der Waals surface area (Å²) < 4.78 is 21.6. The summed E-state index contributed by atoms with van der Waals surface area (Å²) in [5, 5.41) is 19.2. The van der Waals surface area contributed by atoms with Crippen LogP contribution in [0.4, 0.5) is 0 Å². The molecular formula is C25H28O8S2. The van der Waals surface area contributed by atoms with Gasteiger partial charge in [-0.15, -0.1) is 0 Å². The minimum absolute atomic E-state index is 0.00520. The lowest BCUT2D eigenvalue weighted by molar-refractivity contribution is -0.135. The second kappa shape index (κ2) is 13.3. The van der Waals surface area contributed by atoms with Crippen molar-refractivity contribution >= 4 is 43.3 Å². The second-order valence-electron chi connectivity index (χ2n) is 7.84. The van der Waals surface area contributed by atoms with Gasteiger partial charge in [-0.2, -0.15) is 25.3 Å². The normalized spacial score (nSPS) is 13.1. The summed E-state index contributed by atoms with van der Waals surface area (Å²) in [7, 11) is 0. The number of rotatable bonds is 12. The molecule has 1 heterocycles. The van der Waals surface area contributed by atoms with Gasteiger partial charge in [0.15, 0.2) is 23.0 Å². The zero-order chi connectivity index (χ0) is 25.2. The fraction of sp³-hybridized carbons (Fsp3) is 0.360. The number of phenols is 1. The molecule has 1 unspecified atom stereocenters. The van der Waals surface area contributed by atoms with Crippen molar-refractivity contribution in [2.45, 2.75) is 44.0 Å². The number of thiol groups is 2. The molecule has 10 heteroatoms. The zero-order valence-electron chi connectivity index (χ0n) is 19.0. The molecular weight excluding hydrogens is 492 g/mol. The van der Waals surface area contributed by atoms with Gasteiger partial charge in [0.05, 0.1) is 6.61 Å². The van der Waals surface area contributed by atoms with Crippen LogP contribution >= 0.6 is 25.3 Å². The Morgan fingerprint density at radius 3 is 2.46 bits per heavy atom. The third-order valence-corrected chi connectivity index (χ3v) is 5.96. The standard InChI is InChI=1S/C25H28O8S2/c26-14-17-11-16(5-7-19(17)27)6-8-25(29)33-23-13-21-20(30-15-31-21)12-22(23)32-24(28)4-2-1-3-18(35)9-10-34/h5-8,11-13,18,26-27,34-35H,1-4,9-10,14-15H2/b8-6+. The minimum Gasteiger partial charge on any atom is -0.508 e. The van der Waals surface area contributed by atoms with Crippen LogP contribution in [-0.4, -0.2) is 39.9 Å². The van der Waals surface area contributed by atoms with Crippen molar-refractivity contribution in [2.24, 2.45) is 0 Å². The molecule has 2 N–H and O–H groups in total. The van der Waals surface area contributed by atoms with Crippen molar-refractivity contribution in [2.75, 3.05) is 12.5 Å². The van der Waals surface area contributed by atoms with Crippen LogP contribution in [0.25, 0.3) is 6.08 Å². The molecule has 1 aliphatic rings. The number of aliphatic hydroxyl groups excluding tert-OH is 1. The van der Waals surface area contributed by atoms with Crippen molar-refractivity contribution < 1.29 is 38.7 Å². The number of aliphatic hydroxyl groups is 1. The van der Waals surface area contributed by atoms with Crippen molar-refractivity contribution in [1.82, 2.24) is 0 Å². The number of carbonyl (C=O) groups is 2. The van der Waals surface area contributed by atoms with E-state index < -0.39 is 11.9 Å². The van der Waals surface area contributed by atoms with E-state index in [1.165, 1.54) is 30.4 Å². The Hall–Kier alpha value is -2.82. The fourth-order valence-corrected chi connectivity index (χ4v) is 4.15. The number of hydrogen-bond acceptors (Lipinski definition) is 10. The van der Waals surface area contributed by atoms with Crippen LogP contribution in [0.15, 0.2) is 36.4 Å². The highest BCUT2D eigenvalue weighted by atomic mass is 32.1. The first kappa shape index (κ1) is 26.8. The SMILES string of the molecule is O=C(/C=C/c1ccc(O)c(CO)c1)Oc1cc2c(cc1OC(=O)CCCCC(S)CCS)OCO2. The number of ether oxygens (including phenoxy) is 4. The quantitative estimate of drug-likeness (QED) is 0.108. The molecule has 0 fully saturated rings. The number of fused-ring (bicyclic) bond motifs is 1. The molecule has 0 saturated heterocycles. The van der Waals surface area contributed by atoms with Crippen molar-refractivity contribution in [3.8, 4) is 28.7 Å². The molecule has 2 aromatic carbocycles. The van der Waals surface area contributed by atoms with Crippen LogP contribution < -0.4 is 18.9 Å². The van der Waals surface area contributed by atoms with Gasteiger partial charge in [-0.3, -0.25) is 4.79 Å². The Balaban J connectivity index is 1.63. The molecule has 0 spiro atoms. The summed E-state index contributed by atoms with van der Waals surface area (Å²) in [5.74, 6) is 0.377. The number of carbonyl (C=O) groups excluding carboxylic acids is 2. The topological polar surface area (TPSA) is 112 Å². The third kappa shape index (κ3) is 8.12. The van der Waals surface area contributed by atoms with Crippen LogP contribution in [0.5, 0.6) is 28.7 Å². The summed E-state index contributed by atoms with van der Waals surface area (Å²) >= 11 is 8.68. The molecule has 2 aromatic rings. The number of hydrogen-bond donors (Lipinski definition) is 4. The Labute approximate surface area is 214 Å². The third-order valence-electron chi connectivity index (χ3n) is 5.19. The monoisotopic (exact) mass is 520 g/mol. The molecule has 8 nitrogen and oxygen atoms in total. The number of unbranched alkanes of at least 4 members (excludes halogenated alkanes) is 1. The van der Waals surface area contributed by atoms with Gasteiger partial charge in [-0.1, -0.05) is 12.5 Å². The Bertz CT molecular complexity index is 1070. The van der Waals surface area contributed by atoms with E-state index in [9.17, 15) is 19.8 Å². The maximum atomic E-state index is 12.4. The maximum Gasteiger partial charge on any atom is 0.336 e. The first-order valence-corrected chi connectivity index (χ1v) is 12.3. The molecule has 188 valence electrons. The largest absolute Gasteiger partial charge is 0.508 e. The lowest BCUT2D eigenvalue weighted by Crippen LogP contribution is -2.11. The van der Waals surface area contributed by atoms with Gasteiger partial charge in [0.2, 0.25) is 6.79 Å². The van der Waals surface area contributed by atoms with Gasteiger partial charge in [-0.05, 0) is 48.8 Å².